The Morgan fingerprint density at radius 1 is 1.32 bits per heavy atom. The van der Waals surface area contributed by atoms with Crippen molar-refractivity contribution in [3.8, 4) is 6.19 Å². The normalized spacial score (nSPS) is 15.6. The van der Waals surface area contributed by atoms with Gasteiger partial charge in [-0.05, 0) is 37.1 Å². The van der Waals surface area contributed by atoms with Crippen LogP contribution in [0.1, 0.15) is 19.4 Å². The highest BCUT2D eigenvalue weighted by Crippen LogP contribution is 2.30. The monoisotopic (exact) mass is 467 g/mol. The van der Waals surface area contributed by atoms with Gasteiger partial charge in [-0.2, -0.15) is 5.26 Å². The molecular formula is C23H26FN7O3. The number of nitrogens with zero attached hydrogens (tertiary/aromatic N) is 5. The Labute approximate surface area is 196 Å². The van der Waals surface area contributed by atoms with Crippen molar-refractivity contribution in [2.45, 2.75) is 26.8 Å². The van der Waals surface area contributed by atoms with Crippen LogP contribution in [0, 0.1) is 45.6 Å². The molecule has 2 amide bonds. The molecule has 1 fully saturated rings. The zero-order chi connectivity index (χ0) is 25.0. The Balaban J connectivity index is 1.80. The van der Waals surface area contributed by atoms with Gasteiger partial charge in [0.1, 0.15) is 5.82 Å². The van der Waals surface area contributed by atoms with Crippen molar-refractivity contribution >= 4 is 29.1 Å². The SMILES string of the molecule is Cc1c(N(C#N)C(=N)N2CCN(C(=O)Nc3cccc(F)c3)CC2C(C)C)cccc1[N+](=O)[O-]. The number of nitrogens with one attached hydrogen (secondary N) is 2. The van der Waals surface area contributed by atoms with Crippen molar-refractivity contribution < 1.29 is 14.1 Å². The summed E-state index contributed by atoms with van der Waals surface area (Å²) in [6, 6.07) is 9.36. The Morgan fingerprint density at radius 3 is 2.65 bits per heavy atom. The van der Waals surface area contributed by atoms with Gasteiger partial charge in [0.15, 0.2) is 6.19 Å². The Bertz CT molecular complexity index is 1150. The van der Waals surface area contributed by atoms with Crippen LogP contribution in [0.2, 0.25) is 0 Å². The van der Waals surface area contributed by atoms with Crippen molar-refractivity contribution in [1.82, 2.24) is 9.80 Å². The van der Waals surface area contributed by atoms with Crippen LogP contribution in [-0.2, 0) is 0 Å². The van der Waals surface area contributed by atoms with Gasteiger partial charge < -0.3 is 15.1 Å². The van der Waals surface area contributed by atoms with Gasteiger partial charge in [-0.25, -0.2) is 14.1 Å². The molecule has 1 atom stereocenters. The Kier molecular flexibility index (Phi) is 7.31. The minimum atomic E-state index is -0.523. The van der Waals surface area contributed by atoms with E-state index in [0.29, 0.717) is 5.69 Å². The van der Waals surface area contributed by atoms with E-state index in [1.165, 1.54) is 30.3 Å². The lowest BCUT2D eigenvalue weighted by atomic mass is 9.99. The van der Waals surface area contributed by atoms with Gasteiger partial charge in [0.2, 0.25) is 5.96 Å². The van der Waals surface area contributed by atoms with E-state index in [0.717, 1.165) is 4.90 Å². The second kappa shape index (κ2) is 10.2. The summed E-state index contributed by atoms with van der Waals surface area (Å²) >= 11 is 0. The summed E-state index contributed by atoms with van der Waals surface area (Å²) in [7, 11) is 0. The average molecular weight is 468 g/mol. The smallest absolute Gasteiger partial charge is 0.321 e. The predicted octanol–water partition coefficient (Wildman–Crippen LogP) is 4.14. The van der Waals surface area contributed by atoms with Crippen molar-refractivity contribution in [2.75, 3.05) is 29.9 Å². The zero-order valence-electron chi connectivity index (χ0n) is 19.2. The second-order valence-electron chi connectivity index (χ2n) is 8.33. The fraction of sp³-hybridized carbons (Fsp3) is 0.348. The average Bonchev–Trinajstić information content (AvgIpc) is 2.79. The van der Waals surface area contributed by atoms with E-state index in [4.69, 9.17) is 5.41 Å². The lowest BCUT2D eigenvalue weighted by Crippen LogP contribution is -2.61. The molecule has 0 saturated carbocycles. The molecule has 2 aromatic rings. The van der Waals surface area contributed by atoms with Gasteiger partial charge in [0, 0.05) is 31.4 Å². The minimum Gasteiger partial charge on any atom is -0.335 e. The fourth-order valence-electron chi connectivity index (χ4n) is 3.99. The molecule has 0 radical (unpaired) electrons. The van der Waals surface area contributed by atoms with Gasteiger partial charge in [-0.1, -0.05) is 26.0 Å². The number of piperazine rings is 1. The van der Waals surface area contributed by atoms with E-state index in [1.807, 2.05) is 20.0 Å². The standard InChI is InChI=1S/C23H26FN7O3/c1-15(2)21-13-28(23(32)27-18-7-4-6-17(24)12-18)10-11-29(21)22(26)30(14-25)19-8-5-9-20(16(19)3)31(33)34/h4-9,12,15,21,26H,10-11,13H2,1-3H3,(H,27,32). The minimum absolute atomic E-state index is 0.0249. The van der Waals surface area contributed by atoms with E-state index in [2.05, 4.69) is 5.32 Å². The first kappa shape index (κ1) is 24.4. The fourth-order valence-corrected chi connectivity index (χ4v) is 3.99. The second-order valence-corrected chi connectivity index (χ2v) is 8.33. The number of guanidine groups is 1. The summed E-state index contributed by atoms with van der Waals surface area (Å²) in [4.78, 5) is 28.0. The third kappa shape index (κ3) is 5.06. The number of urea groups is 1. The van der Waals surface area contributed by atoms with Gasteiger partial charge in [0.05, 0.1) is 22.2 Å². The highest BCUT2D eigenvalue weighted by atomic mass is 19.1. The molecule has 1 aliphatic heterocycles. The third-order valence-electron chi connectivity index (χ3n) is 5.85. The number of nitriles is 1. The summed E-state index contributed by atoms with van der Waals surface area (Å²) < 4.78 is 13.5. The molecule has 0 spiro atoms. The number of nitro groups is 1. The van der Waals surface area contributed by atoms with Crippen LogP contribution in [0.3, 0.4) is 0 Å². The first-order valence-electron chi connectivity index (χ1n) is 10.7. The number of carbonyl (C=O) groups is 1. The summed E-state index contributed by atoms with van der Waals surface area (Å²) in [6.45, 7) is 6.29. The van der Waals surface area contributed by atoms with E-state index < -0.39 is 10.7 Å². The highest BCUT2D eigenvalue weighted by Gasteiger charge is 2.35. The Morgan fingerprint density at radius 2 is 2.03 bits per heavy atom. The molecule has 2 aromatic carbocycles. The number of anilines is 2. The van der Waals surface area contributed by atoms with Crippen molar-refractivity contribution in [3.05, 3.63) is 64.0 Å². The summed E-state index contributed by atoms with van der Waals surface area (Å²) in [5.74, 6) is -0.545. The molecule has 1 saturated heterocycles. The number of halogens is 1. The summed E-state index contributed by atoms with van der Waals surface area (Å²) in [5.41, 5.74) is 0.756. The molecule has 178 valence electrons. The molecule has 3 rings (SSSR count). The highest BCUT2D eigenvalue weighted by molar-refractivity contribution is 5.98. The van der Waals surface area contributed by atoms with Crippen LogP contribution in [0.15, 0.2) is 42.5 Å². The summed E-state index contributed by atoms with van der Waals surface area (Å²) in [5, 5.41) is 32.6. The zero-order valence-corrected chi connectivity index (χ0v) is 19.2. The van der Waals surface area contributed by atoms with Crippen molar-refractivity contribution in [1.29, 1.82) is 10.7 Å². The number of carbonyl (C=O) groups excluding carboxylic acids is 1. The van der Waals surface area contributed by atoms with E-state index in [9.17, 15) is 24.6 Å². The number of rotatable bonds is 4. The maximum atomic E-state index is 13.5. The molecule has 2 N–H and O–H groups in total. The van der Waals surface area contributed by atoms with Crippen molar-refractivity contribution in [2.24, 2.45) is 5.92 Å². The van der Waals surface area contributed by atoms with Crippen LogP contribution < -0.4 is 10.2 Å². The van der Waals surface area contributed by atoms with Crippen LogP contribution in [0.4, 0.5) is 26.2 Å². The van der Waals surface area contributed by atoms with Crippen molar-refractivity contribution in [3.63, 3.8) is 0 Å². The van der Waals surface area contributed by atoms with E-state index in [1.54, 1.807) is 28.9 Å². The van der Waals surface area contributed by atoms with Gasteiger partial charge in [-0.3, -0.25) is 15.5 Å². The van der Waals surface area contributed by atoms with Crippen LogP contribution >= 0.6 is 0 Å². The number of benzene rings is 2. The molecule has 10 nitrogen and oxygen atoms in total. The molecule has 34 heavy (non-hydrogen) atoms. The quantitative estimate of drug-likeness (QED) is 0.174. The van der Waals surface area contributed by atoms with Crippen LogP contribution in [0.25, 0.3) is 0 Å². The maximum absolute atomic E-state index is 13.5. The third-order valence-corrected chi connectivity index (χ3v) is 5.85. The molecule has 0 aromatic heterocycles. The molecule has 1 aliphatic rings. The van der Waals surface area contributed by atoms with Crippen LogP contribution in [0.5, 0.6) is 0 Å². The Hall–Kier alpha value is -4.20. The van der Waals surface area contributed by atoms with Crippen LogP contribution in [-0.4, -0.2) is 52.4 Å². The van der Waals surface area contributed by atoms with Gasteiger partial charge in [0.25, 0.3) is 5.69 Å². The van der Waals surface area contributed by atoms with Gasteiger partial charge >= 0.3 is 6.03 Å². The molecule has 1 unspecified atom stereocenters. The molecule has 11 heteroatoms. The first-order valence-corrected chi connectivity index (χ1v) is 10.7. The van der Waals surface area contributed by atoms with Gasteiger partial charge in [-0.15, -0.1) is 0 Å². The van der Waals surface area contributed by atoms with E-state index in [-0.39, 0.29) is 60.5 Å². The molecular weight excluding hydrogens is 441 g/mol. The molecule has 0 aliphatic carbocycles. The number of nitro benzene ring substituents is 1. The molecule has 0 bridgehead atoms. The predicted molar refractivity (Wildman–Crippen MR) is 126 cm³/mol. The maximum Gasteiger partial charge on any atom is 0.321 e. The summed E-state index contributed by atoms with van der Waals surface area (Å²) in [6.07, 6.45) is 1.97. The largest absolute Gasteiger partial charge is 0.335 e. The topological polar surface area (TPSA) is 130 Å². The molecule has 1 heterocycles. The number of amides is 2. The first-order chi connectivity index (χ1) is 16.1. The van der Waals surface area contributed by atoms with E-state index >= 15 is 0 Å². The number of hydrogen-bond acceptors (Lipinski definition) is 5. The number of hydrogen-bond donors (Lipinski definition) is 2. The lowest BCUT2D eigenvalue weighted by molar-refractivity contribution is -0.385. The lowest BCUT2D eigenvalue weighted by Gasteiger charge is -2.45.